The van der Waals surface area contributed by atoms with E-state index in [2.05, 4.69) is 16.9 Å². The number of benzene rings is 1. The van der Waals surface area contributed by atoms with Gasteiger partial charge in [0.15, 0.2) is 12.0 Å². The van der Waals surface area contributed by atoms with Crippen molar-refractivity contribution < 1.29 is 18.3 Å². The second-order valence-electron chi connectivity index (χ2n) is 6.50. The highest BCUT2D eigenvalue weighted by molar-refractivity contribution is 5.55. The fraction of sp³-hybridized carbons (Fsp3) is 0.476. The molecule has 0 N–H and O–H groups in total. The van der Waals surface area contributed by atoms with Crippen LogP contribution in [0.5, 0.6) is 5.75 Å². The van der Waals surface area contributed by atoms with Crippen LogP contribution >= 0.6 is 0 Å². The first-order valence-corrected chi connectivity index (χ1v) is 9.40. The third-order valence-corrected chi connectivity index (χ3v) is 4.26. The molecule has 2 rings (SSSR count). The Morgan fingerprint density at radius 3 is 2.37 bits per heavy atom. The summed E-state index contributed by atoms with van der Waals surface area (Å²) >= 11 is 0. The number of alkyl halides is 2. The molecule has 0 radical (unpaired) electrons. The van der Waals surface area contributed by atoms with E-state index in [-0.39, 0.29) is 0 Å². The first kappa shape index (κ1) is 20.9. The van der Waals surface area contributed by atoms with Gasteiger partial charge in [0, 0.05) is 24.4 Å². The van der Waals surface area contributed by atoms with E-state index in [1.807, 2.05) is 12.4 Å². The molecule has 2 atom stereocenters. The molecule has 1 heterocycles. The molecule has 1 aromatic carbocycles. The topological polar surface area (TPSA) is 52.1 Å². The van der Waals surface area contributed by atoms with Crippen molar-refractivity contribution >= 4 is 6.29 Å². The maximum absolute atomic E-state index is 13.5. The molecule has 0 aliphatic carbocycles. The van der Waals surface area contributed by atoms with Gasteiger partial charge in [-0.1, -0.05) is 26.2 Å². The maximum Gasteiger partial charge on any atom is 0.165 e. The van der Waals surface area contributed by atoms with Crippen LogP contribution in [0, 0.1) is 0 Å². The molecule has 4 nitrogen and oxygen atoms in total. The maximum atomic E-state index is 13.5. The molecule has 0 fully saturated rings. The summed E-state index contributed by atoms with van der Waals surface area (Å²) in [6, 6.07) is 6.88. The number of unbranched alkanes of at least 4 members (excludes halogenated alkanes) is 3. The van der Waals surface area contributed by atoms with E-state index in [9.17, 15) is 13.6 Å². The van der Waals surface area contributed by atoms with Gasteiger partial charge < -0.3 is 9.53 Å². The van der Waals surface area contributed by atoms with Gasteiger partial charge in [0.2, 0.25) is 0 Å². The largest absolute Gasteiger partial charge is 0.490 e. The van der Waals surface area contributed by atoms with Crippen LogP contribution in [0.3, 0.4) is 0 Å². The first-order chi connectivity index (χ1) is 13.1. The van der Waals surface area contributed by atoms with E-state index >= 15 is 0 Å². The van der Waals surface area contributed by atoms with Crippen LogP contribution in [0.1, 0.15) is 44.6 Å². The summed E-state index contributed by atoms with van der Waals surface area (Å²) in [7, 11) is 0. The summed E-state index contributed by atoms with van der Waals surface area (Å²) in [4.78, 5) is 19.0. The van der Waals surface area contributed by atoms with E-state index in [1.54, 1.807) is 24.3 Å². The van der Waals surface area contributed by atoms with Gasteiger partial charge in [-0.2, -0.15) is 0 Å². The number of rotatable bonds is 12. The molecule has 0 aliphatic rings. The lowest BCUT2D eigenvalue weighted by atomic mass is 10.1. The molecule has 146 valence electrons. The van der Waals surface area contributed by atoms with Crippen LogP contribution in [0.25, 0.3) is 11.4 Å². The summed E-state index contributed by atoms with van der Waals surface area (Å²) in [6.45, 7) is 1.76. The summed E-state index contributed by atoms with van der Waals surface area (Å²) in [5, 5.41) is 0. The Balaban J connectivity index is 1.86. The lowest BCUT2D eigenvalue weighted by Gasteiger charge is -2.13. The summed E-state index contributed by atoms with van der Waals surface area (Å²) in [5.41, 5.74) is 1.95. The lowest BCUT2D eigenvalue weighted by Crippen LogP contribution is -2.24. The molecule has 27 heavy (non-hydrogen) atoms. The minimum atomic E-state index is -1.84. The van der Waals surface area contributed by atoms with Crippen molar-refractivity contribution in [1.82, 2.24) is 9.97 Å². The average Bonchev–Trinajstić information content (AvgIpc) is 2.70. The first-order valence-electron chi connectivity index (χ1n) is 9.40. The Morgan fingerprint density at radius 2 is 1.74 bits per heavy atom. The van der Waals surface area contributed by atoms with Crippen molar-refractivity contribution in [1.29, 1.82) is 0 Å². The van der Waals surface area contributed by atoms with Crippen LogP contribution in [-0.2, 0) is 11.2 Å². The zero-order chi connectivity index (χ0) is 19.5. The quantitative estimate of drug-likeness (QED) is 0.390. The third-order valence-electron chi connectivity index (χ3n) is 4.26. The zero-order valence-electron chi connectivity index (χ0n) is 15.6. The van der Waals surface area contributed by atoms with Crippen LogP contribution in [0.2, 0.25) is 0 Å². The number of aldehydes is 1. The Morgan fingerprint density at radius 1 is 1.04 bits per heavy atom. The summed E-state index contributed by atoms with van der Waals surface area (Å²) < 4.78 is 32.0. The molecule has 1 aromatic heterocycles. The normalized spacial score (nSPS) is 13.1. The number of hydrogen-bond acceptors (Lipinski definition) is 4. The molecule has 0 aliphatic heterocycles. The van der Waals surface area contributed by atoms with Gasteiger partial charge in [-0.15, -0.1) is 0 Å². The second-order valence-corrected chi connectivity index (χ2v) is 6.50. The van der Waals surface area contributed by atoms with Crippen molar-refractivity contribution in [2.75, 3.05) is 6.61 Å². The van der Waals surface area contributed by atoms with Gasteiger partial charge in [0.05, 0.1) is 0 Å². The van der Waals surface area contributed by atoms with E-state index < -0.39 is 25.4 Å². The number of aryl methyl sites for hydroxylation is 1. The zero-order valence-corrected chi connectivity index (χ0v) is 15.6. The van der Waals surface area contributed by atoms with E-state index in [0.717, 1.165) is 24.0 Å². The Bertz CT molecular complexity index is 678. The fourth-order valence-corrected chi connectivity index (χ4v) is 2.61. The lowest BCUT2D eigenvalue weighted by molar-refractivity contribution is -0.109. The van der Waals surface area contributed by atoms with E-state index in [0.29, 0.717) is 17.9 Å². The molecule has 0 saturated carbocycles. The molecule has 0 amide bonds. The van der Waals surface area contributed by atoms with Crippen LogP contribution in [0.4, 0.5) is 8.78 Å². The minimum Gasteiger partial charge on any atom is -0.490 e. The molecule has 6 heteroatoms. The van der Waals surface area contributed by atoms with Crippen molar-refractivity contribution in [2.45, 2.75) is 57.8 Å². The van der Waals surface area contributed by atoms with Gasteiger partial charge in [-0.25, -0.2) is 18.7 Å². The molecule has 0 unspecified atom stereocenters. The SMILES string of the molecule is CCCCCCc1cnc(-c2ccc(OC[C@@H](F)[C@H](F)CC=O)cc2)nc1. The predicted molar refractivity (Wildman–Crippen MR) is 101 cm³/mol. The molecule has 0 spiro atoms. The minimum absolute atomic E-state index is 0.364. The van der Waals surface area contributed by atoms with Gasteiger partial charge in [-0.05, 0) is 42.7 Å². The number of nitrogens with zero attached hydrogens (tertiary/aromatic N) is 2. The molecule has 0 saturated heterocycles. The number of carbonyl (C=O) groups excluding carboxylic acids is 1. The number of carbonyl (C=O) groups is 1. The van der Waals surface area contributed by atoms with Gasteiger partial charge in [0.1, 0.15) is 24.8 Å². The van der Waals surface area contributed by atoms with E-state index in [1.165, 1.54) is 19.3 Å². The van der Waals surface area contributed by atoms with Crippen LogP contribution in [0.15, 0.2) is 36.7 Å². The Hall–Kier alpha value is -2.37. The molecular formula is C21H26F2N2O2. The number of hydrogen-bond donors (Lipinski definition) is 0. The van der Waals surface area contributed by atoms with Crippen molar-refractivity contribution in [3.63, 3.8) is 0 Å². The van der Waals surface area contributed by atoms with Gasteiger partial charge in [0.25, 0.3) is 0 Å². The standard InChI is InChI=1S/C21H26F2N2O2/c1-2-3-4-5-6-16-13-24-21(25-14-16)17-7-9-18(10-8-17)27-15-20(23)19(22)11-12-26/h7-10,12-14,19-20H,2-6,11,15H2,1H3/t19-,20-/m1/s1. The fourth-order valence-electron chi connectivity index (χ4n) is 2.61. The highest BCUT2D eigenvalue weighted by Crippen LogP contribution is 2.20. The molecule has 0 bridgehead atoms. The van der Waals surface area contributed by atoms with Crippen molar-refractivity contribution in [3.8, 4) is 17.1 Å². The Labute approximate surface area is 159 Å². The third kappa shape index (κ3) is 7.04. The predicted octanol–water partition coefficient (Wildman–Crippen LogP) is 4.91. The van der Waals surface area contributed by atoms with Crippen LogP contribution in [-0.4, -0.2) is 35.2 Å². The average molecular weight is 376 g/mol. The number of halogens is 2. The number of ether oxygens (including phenoxy) is 1. The summed E-state index contributed by atoms with van der Waals surface area (Å²) in [5.74, 6) is 1.03. The van der Waals surface area contributed by atoms with E-state index in [4.69, 9.17) is 4.74 Å². The highest BCUT2D eigenvalue weighted by Gasteiger charge is 2.20. The van der Waals surface area contributed by atoms with Gasteiger partial charge >= 0.3 is 0 Å². The second kappa shape index (κ2) is 11.4. The van der Waals surface area contributed by atoms with Crippen molar-refractivity contribution in [3.05, 3.63) is 42.2 Å². The molecule has 2 aromatic rings. The molecular weight excluding hydrogens is 350 g/mol. The highest BCUT2D eigenvalue weighted by atomic mass is 19.2. The monoisotopic (exact) mass is 376 g/mol. The van der Waals surface area contributed by atoms with Gasteiger partial charge in [-0.3, -0.25) is 0 Å². The summed E-state index contributed by atoms with van der Waals surface area (Å²) in [6.07, 6.45) is 5.74. The van der Waals surface area contributed by atoms with Crippen LogP contribution < -0.4 is 4.74 Å². The number of aromatic nitrogens is 2. The van der Waals surface area contributed by atoms with Crippen molar-refractivity contribution in [2.24, 2.45) is 0 Å². The smallest absolute Gasteiger partial charge is 0.165 e. The Kier molecular flexibility index (Phi) is 8.81.